The van der Waals surface area contributed by atoms with Gasteiger partial charge in [0.1, 0.15) is 4.88 Å². The first-order chi connectivity index (χ1) is 13.6. The number of thiazole rings is 1. The van der Waals surface area contributed by atoms with E-state index >= 15 is 0 Å². The van der Waals surface area contributed by atoms with Crippen molar-refractivity contribution in [3.05, 3.63) is 53.0 Å². The number of nitrogens with one attached hydrogen (secondary N) is 1. The minimum Gasteiger partial charge on any atom is -0.465 e. The minimum absolute atomic E-state index is 0.0506. The van der Waals surface area contributed by atoms with E-state index in [-0.39, 0.29) is 17.7 Å². The molecule has 0 atom stereocenters. The van der Waals surface area contributed by atoms with E-state index in [1.165, 1.54) is 13.3 Å². The lowest BCUT2D eigenvalue weighted by atomic mass is 9.96. The predicted molar refractivity (Wildman–Crippen MR) is 107 cm³/mol. The molecule has 1 saturated heterocycles. The molecule has 0 bridgehead atoms. The van der Waals surface area contributed by atoms with Crippen LogP contribution in [-0.2, 0) is 14.3 Å². The van der Waals surface area contributed by atoms with E-state index in [2.05, 4.69) is 15.0 Å². The first kappa shape index (κ1) is 19.8. The Bertz CT molecular complexity index is 871. The van der Waals surface area contributed by atoms with Gasteiger partial charge in [-0.15, -0.1) is 0 Å². The number of methoxy groups -OCH3 is 1. The molecule has 0 saturated carbocycles. The summed E-state index contributed by atoms with van der Waals surface area (Å²) in [6, 6.07) is 9.64. The maximum atomic E-state index is 12.4. The average Bonchev–Trinajstić information content (AvgIpc) is 3.20. The van der Waals surface area contributed by atoms with Crippen molar-refractivity contribution in [2.45, 2.75) is 12.8 Å². The first-order valence-corrected chi connectivity index (χ1v) is 9.75. The number of piperidine rings is 1. The molecule has 1 aliphatic rings. The SMILES string of the molecule is COC(=O)c1cnc(NC(=O)C2CCN(C(=O)/C=C/c3ccccc3)CC2)s1. The van der Waals surface area contributed by atoms with E-state index < -0.39 is 5.97 Å². The molecule has 8 heteroatoms. The number of esters is 1. The summed E-state index contributed by atoms with van der Waals surface area (Å²) >= 11 is 1.08. The molecule has 1 aliphatic heterocycles. The smallest absolute Gasteiger partial charge is 0.349 e. The average molecular weight is 399 g/mol. The summed E-state index contributed by atoms with van der Waals surface area (Å²) in [5.41, 5.74) is 0.972. The molecular formula is C20H21N3O4S. The number of ether oxygens (including phenoxy) is 1. The largest absolute Gasteiger partial charge is 0.465 e. The molecule has 1 aromatic heterocycles. The molecule has 7 nitrogen and oxygen atoms in total. The van der Waals surface area contributed by atoms with Gasteiger partial charge in [-0.1, -0.05) is 41.7 Å². The summed E-state index contributed by atoms with van der Waals surface area (Å²) < 4.78 is 4.63. The van der Waals surface area contributed by atoms with Gasteiger partial charge in [-0.05, 0) is 24.5 Å². The summed E-state index contributed by atoms with van der Waals surface area (Å²) in [4.78, 5) is 42.3. The van der Waals surface area contributed by atoms with E-state index in [0.29, 0.717) is 35.9 Å². The van der Waals surface area contributed by atoms with Gasteiger partial charge < -0.3 is 15.0 Å². The summed E-state index contributed by atoms with van der Waals surface area (Å²) in [5, 5.41) is 3.12. The van der Waals surface area contributed by atoms with Gasteiger partial charge >= 0.3 is 5.97 Å². The Morgan fingerprint density at radius 3 is 2.61 bits per heavy atom. The van der Waals surface area contributed by atoms with Crippen LogP contribution in [0.2, 0.25) is 0 Å². The Kier molecular flexibility index (Phi) is 6.54. The molecule has 0 spiro atoms. The van der Waals surface area contributed by atoms with E-state index in [9.17, 15) is 14.4 Å². The van der Waals surface area contributed by atoms with Crippen molar-refractivity contribution in [1.29, 1.82) is 0 Å². The summed E-state index contributed by atoms with van der Waals surface area (Å²) in [7, 11) is 1.30. The molecule has 2 amide bonds. The Labute approximate surface area is 167 Å². The Hall–Kier alpha value is -3.00. The third-order valence-electron chi connectivity index (χ3n) is 4.52. The molecule has 146 valence electrons. The maximum Gasteiger partial charge on any atom is 0.349 e. The van der Waals surface area contributed by atoms with Crippen LogP contribution >= 0.6 is 11.3 Å². The van der Waals surface area contributed by atoms with Crippen LogP contribution in [0.4, 0.5) is 5.13 Å². The van der Waals surface area contributed by atoms with Gasteiger partial charge in [-0.2, -0.15) is 0 Å². The lowest BCUT2D eigenvalue weighted by Crippen LogP contribution is -2.40. The maximum absolute atomic E-state index is 12.4. The number of rotatable bonds is 5. The summed E-state index contributed by atoms with van der Waals surface area (Å²) in [5.74, 6) is -0.857. The van der Waals surface area contributed by atoms with Crippen LogP contribution in [0.5, 0.6) is 0 Å². The van der Waals surface area contributed by atoms with Crippen molar-refractivity contribution in [2.24, 2.45) is 5.92 Å². The summed E-state index contributed by atoms with van der Waals surface area (Å²) in [6.07, 6.45) is 5.92. The molecule has 0 radical (unpaired) electrons. The van der Waals surface area contributed by atoms with Crippen molar-refractivity contribution < 1.29 is 19.1 Å². The normalized spacial score (nSPS) is 14.8. The third kappa shape index (κ3) is 5.04. The van der Waals surface area contributed by atoms with Crippen LogP contribution in [0.25, 0.3) is 6.08 Å². The van der Waals surface area contributed by atoms with Gasteiger partial charge in [-0.25, -0.2) is 9.78 Å². The zero-order valence-corrected chi connectivity index (χ0v) is 16.3. The van der Waals surface area contributed by atoms with Crippen LogP contribution in [0.1, 0.15) is 28.1 Å². The lowest BCUT2D eigenvalue weighted by molar-refractivity contribution is -0.130. The molecule has 1 aromatic carbocycles. The molecule has 3 rings (SSSR count). The fourth-order valence-electron chi connectivity index (χ4n) is 2.93. The molecule has 0 aliphatic carbocycles. The highest BCUT2D eigenvalue weighted by atomic mass is 32.1. The second-order valence-electron chi connectivity index (χ2n) is 6.35. The van der Waals surface area contributed by atoms with E-state index in [1.807, 2.05) is 30.3 Å². The number of likely N-dealkylation sites (tertiary alicyclic amines) is 1. The van der Waals surface area contributed by atoms with Gasteiger partial charge in [0.15, 0.2) is 5.13 Å². The molecule has 0 unspecified atom stereocenters. The number of anilines is 1. The van der Waals surface area contributed by atoms with Crippen molar-refractivity contribution >= 4 is 40.3 Å². The molecular weight excluding hydrogens is 378 g/mol. The number of carbonyl (C=O) groups excluding carboxylic acids is 3. The van der Waals surface area contributed by atoms with Gasteiger partial charge in [0.05, 0.1) is 13.3 Å². The van der Waals surface area contributed by atoms with E-state index in [0.717, 1.165) is 16.9 Å². The topological polar surface area (TPSA) is 88.6 Å². The number of nitrogens with zero attached hydrogens (tertiary/aromatic N) is 2. The number of benzene rings is 1. The van der Waals surface area contributed by atoms with Crippen molar-refractivity contribution in [3.8, 4) is 0 Å². The highest BCUT2D eigenvalue weighted by molar-refractivity contribution is 7.17. The predicted octanol–water partition coefficient (Wildman–Crippen LogP) is 2.82. The number of amides is 2. The monoisotopic (exact) mass is 399 g/mol. The fourth-order valence-corrected chi connectivity index (χ4v) is 3.67. The number of aromatic nitrogens is 1. The van der Waals surface area contributed by atoms with E-state index in [4.69, 9.17) is 0 Å². The molecule has 1 N–H and O–H groups in total. The number of hydrogen-bond acceptors (Lipinski definition) is 6. The number of carbonyl (C=O) groups is 3. The second kappa shape index (κ2) is 9.27. The van der Waals surface area contributed by atoms with Crippen LogP contribution in [0, 0.1) is 5.92 Å². The van der Waals surface area contributed by atoms with Crippen LogP contribution in [0.15, 0.2) is 42.6 Å². The Morgan fingerprint density at radius 2 is 1.93 bits per heavy atom. The van der Waals surface area contributed by atoms with Crippen LogP contribution in [0.3, 0.4) is 0 Å². The van der Waals surface area contributed by atoms with E-state index in [1.54, 1.807) is 17.1 Å². The van der Waals surface area contributed by atoms with Crippen molar-refractivity contribution in [2.75, 3.05) is 25.5 Å². The lowest BCUT2D eigenvalue weighted by Gasteiger charge is -2.30. The molecule has 28 heavy (non-hydrogen) atoms. The number of hydrogen-bond donors (Lipinski definition) is 1. The zero-order valence-electron chi connectivity index (χ0n) is 15.5. The van der Waals surface area contributed by atoms with Crippen molar-refractivity contribution in [1.82, 2.24) is 9.88 Å². The fraction of sp³-hybridized carbons (Fsp3) is 0.300. The van der Waals surface area contributed by atoms with Crippen LogP contribution in [-0.4, -0.2) is 47.9 Å². The molecule has 2 aromatic rings. The molecule has 2 heterocycles. The Balaban J connectivity index is 1.48. The highest BCUT2D eigenvalue weighted by Gasteiger charge is 2.27. The van der Waals surface area contributed by atoms with Gasteiger partial charge in [0.25, 0.3) is 0 Å². The molecule has 1 fully saturated rings. The summed E-state index contributed by atoms with van der Waals surface area (Å²) in [6.45, 7) is 1.06. The van der Waals surface area contributed by atoms with Crippen molar-refractivity contribution in [3.63, 3.8) is 0 Å². The first-order valence-electron chi connectivity index (χ1n) is 8.94. The third-order valence-corrected chi connectivity index (χ3v) is 5.41. The minimum atomic E-state index is -0.478. The van der Waals surface area contributed by atoms with Gasteiger partial charge in [0.2, 0.25) is 11.8 Å². The van der Waals surface area contributed by atoms with Gasteiger partial charge in [0, 0.05) is 25.1 Å². The van der Waals surface area contributed by atoms with Gasteiger partial charge in [-0.3, -0.25) is 9.59 Å². The zero-order chi connectivity index (χ0) is 19.9. The highest BCUT2D eigenvalue weighted by Crippen LogP contribution is 2.23. The Morgan fingerprint density at radius 1 is 1.21 bits per heavy atom. The quantitative estimate of drug-likeness (QED) is 0.617. The van der Waals surface area contributed by atoms with Crippen LogP contribution < -0.4 is 5.32 Å². The standard InChI is InChI=1S/C20H21N3O4S/c1-27-19(26)16-13-21-20(28-16)22-18(25)15-9-11-23(12-10-15)17(24)8-7-14-5-3-2-4-6-14/h2-8,13,15H,9-12H2,1H3,(H,21,22,25)/b8-7+. The second-order valence-corrected chi connectivity index (χ2v) is 7.38.